The number of nitrogens with one attached hydrogen (secondary N) is 1. The zero-order chi connectivity index (χ0) is 18.8. The van der Waals surface area contributed by atoms with Crippen molar-refractivity contribution in [1.29, 1.82) is 0 Å². The van der Waals surface area contributed by atoms with Gasteiger partial charge in [0.05, 0.1) is 11.5 Å². The number of nitro benzene ring substituents is 1. The van der Waals surface area contributed by atoms with Crippen LogP contribution in [0.2, 0.25) is 0 Å². The standard InChI is InChI=1S/C19H30N4O3.HI/c1-3-20-19(22(2)14-17-11-13-26-15-17)21-12-5-4-6-16-7-9-18(10-8-16)23(24)25;/h7-10,17H,3-6,11-15H2,1-2H3,(H,20,21);1H. The monoisotopic (exact) mass is 490 g/mol. The molecule has 0 aromatic heterocycles. The fraction of sp³-hybridized carbons (Fsp3) is 0.632. The van der Waals surface area contributed by atoms with Crippen molar-refractivity contribution in [2.75, 3.05) is 39.9 Å². The van der Waals surface area contributed by atoms with E-state index in [-0.39, 0.29) is 34.6 Å². The first-order valence-electron chi connectivity index (χ1n) is 9.40. The summed E-state index contributed by atoms with van der Waals surface area (Å²) in [4.78, 5) is 17.2. The average molecular weight is 490 g/mol. The Kier molecular flexibility index (Phi) is 11.3. The summed E-state index contributed by atoms with van der Waals surface area (Å²) < 4.78 is 5.45. The SMILES string of the molecule is CCNC(=NCCCCc1ccc([N+](=O)[O-])cc1)N(C)CC1CCOC1.I. The molecule has 0 saturated carbocycles. The molecule has 0 spiro atoms. The van der Waals surface area contributed by atoms with Gasteiger partial charge in [0.25, 0.3) is 5.69 Å². The molecule has 1 N–H and O–H groups in total. The minimum atomic E-state index is -0.366. The molecule has 1 aromatic rings. The Bertz CT molecular complexity index is 589. The van der Waals surface area contributed by atoms with E-state index in [9.17, 15) is 10.1 Å². The van der Waals surface area contributed by atoms with E-state index in [1.165, 1.54) is 0 Å². The van der Waals surface area contributed by atoms with Crippen LogP contribution in [0.15, 0.2) is 29.3 Å². The van der Waals surface area contributed by atoms with Crippen LogP contribution < -0.4 is 5.32 Å². The first kappa shape index (κ1) is 23.6. The Morgan fingerprint density at radius 1 is 1.37 bits per heavy atom. The second kappa shape index (κ2) is 12.9. The van der Waals surface area contributed by atoms with Crippen molar-refractivity contribution in [3.8, 4) is 0 Å². The van der Waals surface area contributed by atoms with Crippen LogP contribution in [-0.4, -0.2) is 55.7 Å². The number of hydrogen-bond acceptors (Lipinski definition) is 4. The summed E-state index contributed by atoms with van der Waals surface area (Å²) >= 11 is 0. The summed E-state index contributed by atoms with van der Waals surface area (Å²) in [7, 11) is 2.08. The molecule has 2 rings (SSSR count). The van der Waals surface area contributed by atoms with Gasteiger partial charge in [0.15, 0.2) is 5.96 Å². The smallest absolute Gasteiger partial charge is 0.269 e. The number of ether oxygens (including phenoxy) is 1. The predicted octanol–water partition coefficient (Wildman–Crippen LogP) is 3.47. The Labute approximate surface area is 178 Å². The molecule has 1 unspecified atom stereocenters. The Morgan fingerprint density at radius 2 is 2.11 bits per heavy atom. The topological polar surface area (TPSA) is 80.0 Å². The van der Waals surface area contributed by atoms with E-state index in [0.717, 1.165) is 70.1 Å². The van der Waals surface area contributed by atoms with Crippen molar-refractivity contribution < 1.29 is 9.66 Å². The number of benzene rings is 1. The van der Waals surface area contributed by atoms with E-state index in [1.807, 2.05) is 12.1 Å². The van der Waals surface area contributed by atoms with Gasteiger partial charge in [-0.25, -0.2) is 0 Å². The number of aryl methyl sites for hydroxylation is 1. The lowest BCUT2D eigenvalue weighted by Crippen LogP contribution is -2.41. The number of nitrogens with zero attached hydrogens (tertiary/aromatic N) is 3. The van der Waals surface area contributed by atoms with Crippen molar-refractivity contribution in [2.24, 2.45) is 10.9 Å². The van der Waals surface area contributed by atoms with Crippen LogP contribution in [0, 0.1) is 16.0 Å². The van der Waals surface area contributed by atoms with Crippen LogP contribution in [0.3, 0.4) is 0 Å². The number of halogens is 1. The van der Waals surface area contributed by atoms with Crippen LogP contribution in [0.25, 0.3) is 0 Å². The highest BCUT2D eigenvalue weighted by molar-refractivity contribution is 14.0. The molecular weight excluding hydrogens is 459 g/mol. The summed E-state index contributed by atoms with van der Waals surface area (Å²) in [5.41, 5.74) is 1.27. The largest absolute Gasteiger partial charge is 0.381 e. The van der Waals surface area contributed by atoms with E-state index >= 15 is 0 Å². The molecule has 1 aromatic carbocycles. The summed E-state index contributed by atoms with van der Waals surface area (Å²) in [6.07, 6.45) is 4.05. The first-order chi connectivity index (χ1) is 12.6. The minimum Gasteiger partial charge on any atom is -0.381 e. The molecule has 1 atom stereocenters. The Hall–Kier alpha value is -1.42. The van der Waals surface area contributed by atoms with Gasteiger partial charge in [0, 0.05) is 51.3 Å². The molecule has 152 valence electrons. The molecular formula is C19H31IN4O3. The van der Waals surface area contributed by atoms with Gasteiger partial charge < -0.3 is 15.0 Å². The van der Waals surface area contributed by atoms with E-state index in [1.54, 1.807) is 12.1 Å². The molecule has 27 heavy (non-hydrogen) atoms. The number of guanidine groups is 1. The highest BCUT2D eigenvalue weighted by Crippen LogP contribution is 2.14. The van der Waals surface area contributed by atoms with Gasteiger partial charge in [0.1, 0.15) is 0 Å². The van der Waals surface area contributed by atoms with Gasteiger partial charge >= 0.3 is 0 Å². The van der Waals surface area contributed by atoms with Gasteiger partial charge in [-0.05, 0) is 38.2 Å². The van der Waals surface area contributed by atoms with E-state index in [2.05, 4.69) is 24.2 Å². The summed E-state index contributed by atoms with van der Waals surface area (Å²) in [6.45, 7) is 6.40. The van der Waals surface area contributed by atoms with E-state index in [0.29, 0.717) is 5.92 Å². The number of rotatable bonds is 9. The Morgan fingerprint density at radius 3 is 2.70 bits per heavy atom. The maximum Gasteiger partial charge on any atom is 0.269 e. The molecule has 1 aliphatic rings. The molecule has 0 amide bonds. The van der Waals surface area contributed by atoms with Gasteiger partial charge in [0.2, 0.25) is 0 Å². The summed E-state index contributed by atoms with van der Waals surface area (Å²) in [5, 5.41) is 14.0. The summed E-state index contributed by atoms with van der Waals surface area (Å²) in [6, 6.07) is 6.81. The van der Waals surface area contributed by atoms with Crippen LogP contribution in [-0.2, 0) is 11.2 Å². The highest BCUT2D eigenvalue weighted by Gasteiger charge is 2.18. The second-order valence-corrected chi connectivity index (χ2v) is 6.73. The number of non-ortho nitro benzene ring substituents is 1. The minimum absolute atomic E-state index is 0. The van der Waals surface area contributed by atoms with Gasteiger partial charge in [-0.3, -0.25) is 15.1 Å². The van der Waals surface area contributed by atoms with Crippen molar-refractivity contribution in [3.63, 3.8) is 0 Å². The van der Waals surface area contributed by atoms with Crippen molar-refractivity contribution in [3.05, 3.63) is 39.9 Å². The van der Waals surface area contributed by atoms with Crippen LogP contribution in [0.5, 0.6) is 0 Å². The normalized spacial score (nSPS) is 16.7. The number of unbranched alkanes of at least 4 members (excludes halogenated alkanes) is 1. The lowest BCUT2D eigenvalue weighted by molar-refractivity contribution is -0.384. The molecule has 0 radical (unpaired) electrons. The number of hydrogen-bond donors (Lipinski definition) is 1. The highest BCUT2D eigenvalue weighted by atomic mass is 127. The molecule has 0 bridgehead atoms. The zero-order valence-corrected chi connectivity index (χ0v) is 18.6. The van der Waals surface area contributed by atoms with Gasteiger partial charge in [-0.15, -0.1) is 24.0 Å². The first-order valence-corrected chi connectivity index (χ1v) is 9.40. The van der Waals surface area contributed by atoms with Crippen molar-refractivity contribution in [1.82, 2.24) is 10.2 Å². The molecule has 7 nitrogen and oxygen atoms in total. The second-order valence-electron chi connectivity index (χ2n) is 6.73. The third kappa shape index (κ3) is 8.42. The van der Waals surface area contributed by atoms with Crippen molar-refractivity contribution >= 4 is 35.6 Å². The third-order valence-electron chi connectivity index (χ3n) is 4.53. The number of aliphatic imine (C=N–C) groups is 1. The van der Waals surface area contributed by atoms with Crippen LogP contribution in [0.4, 0.5) is 5.69 Å². The fourth-order valence-corrected chi connectivity index (χ4v) is 3.08. The third-order valence-corrected chi connectivity index (χ3v) is 4.53. The average Bonchev–Trinajstić information content (AvgIpc) is 3.13. The molecule has 8 heteroatoms. The Balaban J connectivity index is 0.00000364. The maximum atomic E-state index is 10.7. The molecule has 1 aliphatic heterocycles. The molecule has 0 aliphatic carbocycles. The predicted molar refractivity (Wildman–Crippen MR) is 119 cm³/mol. The van der Waals surface area contributed by atoms with Crippen molar-refractivity contribution in [2.45, 2.75) is 32.6 Å². The number of nitro groups is 1. The zero-order valence-electron chi connectivity index (χ0n) is 16.2. The van der Waals surface area contributed by atoms with Gasteiger partial charge in [-0.1, -0.05) is 12.1 Å². The summed E-state index contributed by atoms with van der Waals surface area (Å²) in [5.74, 6) is 1.54. The fourth-order valence-electron chi connectivity index (χ4n) is 3.08. The quantitative estimate of drug-likeness (QED) is 0.143. The molecule has 1 heterocycles. The van der Waals surface area contributed by atoms with Crippen LogP contribution >= 0.6 is 24.0 Å². The van der Waals surface area contributed by atoms with Gasteiger partial charge in [-0.2, -0.15) is 0 Å². The van der Waals surface area contributed by atoms with E-state index < -0.39 is 0 Å². The molecule has 1 fully saturated rings. The maximum absolute atomic E-state index is 10.7. The lowest BCUT2D eigenvalue weighted by Gasteiger charge is -2.24. The van der Waals surface area contributed by atoms with Crippen LogP contribution in [0.1, 0.15) is 31.7 Å². The lowest BCUT2D eigenvalue weighted by atomic mass is 10.1. The molecule has 1 saturated heterocycles. The van der Waals surface area contributed by atoms with E-state index in [4.69, 9.17) is 9.73 Å².